The lowest BCUT2D eigenvalue weighted by molar-refractivity contribution is -0.152. The smallest absolute Gasteiger partial charge is 0.310 e. The Morgan fingerprint density at radius 1 is 0.784 bits per heavy atom. The van der Waals surface area contributed by atoms with Crippen LogP contribution in [0.5, 0.6) is 5.75 Å². The summed E-state index contributed by atoms with van der Waals surface area (Å²) < 4.78 is 24.4. The van der Waals surface area contributed by atoms with Gasteiger partial charge in [-0.05, 0) is 86.6 Å². The molecule has 0 atom stereocenters. The molecule has 4 rings (SSSR count). The average Bonchev–Trinajstić information content (AvgIpc) is 2.90. The number of rotatable bonds is 8. The van der Waals surface area contributed by atoms with Crippen molar-refractivity contribution in [2.45, 2.75) is 40.6 Å². The van der Waals surface area contributed by atoms with Crippen LogP contribution in [0.2, 0.25) is 0 Å². The average molecular weight is 512 g/mol. The summed E-state index contributed by atoms with van der Waals surface area (Å²) in [5, 5.41) is 0. The van der Waals surface area contributed by atoms with E-state index < -0.39 is 11.6 Å². The summed E-state index contributed by atoms with van der Waals surface area (Å²) in [5.74, 6) is 5.81. The fraction of sp³-hybridized carbons (Fsp3) is 0.156. The lowest BCUT2D eigenvalue weighted by Gasteiger charge is -2.18. The van der Waals surface area contributed by atoms with Gasteiger partial charge in [0.15, 0.2) is 20.3 Å². The molecule has 0 aromatic heterocycles. The van der Waals surface area contributed by atoms with Gasteiger partial charge in [-0.25, -0.2) is 4.39 Å². The van der Waals surface area contributed by atoms with Crippen LogP contribution in [-0.2, 0) is 20.4 Å². The first kappa shape index (κ1) is 26.1. The van der Waals surface area contributed by atoms with Crippen molar-refractivity contribution in [2.75, 3.05) is 6.61 Å². The van der Waals surface area contributed by atoms with Crippen molar-refractivity contribution >= 4 is 16.9 Å². The Labute approximate surface area is 220 Å². The lowest BCUT2D eigenvalue weighted by Crippen LogP contribution is -2.27. The van der Waals surface area contributed by atoms with Gasteiger partial charge in [0.05, 0.1) is 23.9 Å². The third kappa shape index (κ3) is 7.73. The highest BCUT2D eigenvalue weighted by molar-refractivity contribution is 7.97. The Bertz CT molecular complexity index is 1320. The molecular formula is C32H28FO3S+. The van der Waals surface area contributed by atoms with Gasteiger partial charge in [-0.2, -0.15) is 0 Å². The number of esters is 1. The second-order valence-corrected chi connectivity index (χ2v) is 10.8. The van der Waals surface area contributed by atoms with E-state index in [-0.39, 0.29) is 29.7 Å². The fourth-order valence-corrected chi connectivity index (χ4v) is 5.65. The molecule has 0 heterocycles. The normalized spacial score (nSPS) is 10.9. The highest BCUT2D eigenvalue weighted by atomic mass is 32.2. The first-order valence-electron chi connectivity index (χ1n) is 12.0. The molecule has 0 bridgehead atoms. The van der Waals surface area contributed by atoms with Crippen molar-refractivity contribution in [3.05, 3.63) is 121 Å². The molecule has 0 spiro atoms. The Morgan fingerprint density at radius 2 is 1.32 bits per heavy atom. The van der Waals surface area contributed by atoms with Gasteiger partial charge in [0, 0.05) is 5.56 Å². The third-order valence-electron chi connectivity index (χ3n) is 5.31. The maximum Gasteiger partial charge on any atom is 0.310 e. The summed E-state index contributed by atoms with van der Waals surface area (Å²) in [5.41, 5.74) is -0.322. The van der Waals surface area contributed by atoms with E-state index in [0.29, 0.717) is 11.3 Å². The van der Waals surface area contributed by atoms with Crippen LogP contribution >= 0.6 is 0 Å². The maximum atomic E-state index is 13.0. The van der Waals surface area contributed by atoms with Gasteiger partial charge < -0.3 is 9.47 Å². The number of hydrogen-bond acceptors (Lipinski definition) is 3. The Hall–Kier alpha value is -4.01. The molecule has 3 nitrogen and oxygen atoms in total. The molecule has 37 heavy (non-hydrogen) atoms. The second kappa shape index (κ2) is 12.3. The van der Waals surface area contributed by atoms with Crippen LogP contribution in [0.4, 0.5) is 4.39 Å². The molecule has 0 saturated carbocycles. The zero-order valence-electron chi connectivity index (χ0n) is 20.8. The summed E-state index contributed by atoms with van der Waals surface area (Å²) in [4.78, 5) is 16.0. The minimum atomic E-state index is -0.974. The van der Waals surface area contributed by atoms with Gasteiger partial charge in [0.1, 0.15) is 11.6 Å². The van der Waals surface area contributed by atoms with E-state index in [1.807, 2.05) is 24.3 Å². The van der Waals surface area contributed by atoms with Crippen molar-refractivity contribution in [3.8, 4) is 17.6 Å². The predicted octanol–water partition coefficient (Wildman–Crippen LogP) is 7.06. The first-order chi connectivity index (χ1) is 17.9. The summed E-state index contributed by atoms with van der Waals surface area (Å²) in [7, 11) is -0.226. The van der Waals surface area contributed by atoms with Crippen molar-refractivity contribution in [2.24, 2.45) is 0 Å². The maximum absolute atomic E-state index is 13.0. The molecule has 0 fully saturated rings. The van der Waals surface area contributed by atoms with Crippen LogP contribution in [0.3, 0.4) is 0 Å². The van der Waals surface area contributed by atoms with Crippen molar-refractivity contribution < 1.29 is 18.7 Å². The number of ether oxygens (including phenoxy) is 2. The molecule has 4 aromatic rings. The van der Waals surface area contributed by atoms with Gasteiger partial charge >= 0.3 is 5.97 Å². The highest BCUT2D eigenvalue weighted by Gasteiger charge is 2.28. The van der Waals surface area contributed by atoms with E-state index >= 15 is 0 Å². The summed E-state index contributed by atoms with van der Waals surface area (Å²) in [6.45, 7) is 3.64. The predicted molar refractivity (Wildman–Crippen MR) is 145 cm³/mol. The molecule has 0 unspecified atom stereocenters. The quantitative estimate of drug-likeness (QED) is 0.144. The molecule has 4 aromatic carbocycles. The van der Waals surface area contributed by atoms with Gasteiger partial charge in [0.25, 0.3) is 0 Å². The van der Waals surface area contributed by atoms with Crippen LogP contribution in [0.15, 0.2) is 124 Å². The van der Waals surface area contributed by atoms with Gasteiger partial charge in [-0.1, -0.05) is 48.2 Å². The van der Waals surface area contributed by atoms with E-state index in [9.17, 15) is 9.18 Å². The van der Waals surface area contributed by atoms with Gasteiger partial charge in [0.2, 0.25) is 0 Å². The van der Waals surface area contributed by atoms with Crippen molar-refractivity contribution in [1.29, 1.82) is 0 Å². The van der Waals surface area contributed by atoms with Gasteiger partial charge in [-0.3, -0.25) is 4.79 Å². The molecule has 0 amide bonds. The zero-order valence-corrected chi connectivity index (χ0v) is 21.6. The minimum Gasteiger partial charge on any atom is -0.493 e. The summed E-state index contributed by atoms with van der Waals surface area (Å²) in [6, 6.07) is 34.8. The molecule has 5 heteroatoms. The molecule has 0 aliphatic rings. The lowest BCUT2D eigenvalue weighted by atomic mass is 10.1. The Morgan fingerprint density at radius 3 is 1.89 bits per heavy atom. The standard InChI is InChI=1S/C32H28FO3S/c1-32(2,23-21-25-13-15-26(33)16-14-25)36-31(34)22-24-35-27-17-19-30(20-18-27)37(28-9-5-3-6-10-28)29-11-7-4-8-12-29/h3-20H,22,24H2,1-2H3/q+1. The first-order valence-corrected chi connectivity index (χ1v) is 13.2. The number of halogens is 1. The third-order valence-corrected chi connectivity index (χ3v) is 7.54. The molecular weight excluding hydrogens is 483 g/mol. The van der Waals surface area contributed by atoms with Crippen molar-refractivity contribution in [3.63, 3.8) is 0 Å². The Kier molecular flexibility index (Phi) is 8.66. The molecule has 0 saturated heterocycles. The van der Waals surface area contributed by atoms with Crippen LogP contribution in [0.1, 0.15) is 25.8 Å². The fourth-order valence-electron chi connectivity index (χ4n) is 3.56. The Balaban J connectivity index is 1.33. The second-order valence-electron chi connectivity index (χ2n) is 8.74. The monoisotopic (exact) mass is 511 g/mol. The van der Waals surface area contributed by atoms with E-state index in [4.69, 9.17) is 9.47 Å². The number of benzene rings is 4. The summed E-state index contributed by atoms with van der Waals surface area (Å²) >= 11 is 0. The number of carbonyl (C=O) groups is 1. The largest absolute Gasteiger partial charge is 0.493 e. The minimum absolute atomic E-state index is 0.0990. The van der Waals surface area contributed by atoms with E-state index in [1.54, 1.807) is 26.0 Å². The van der Waals surface area contributed by atoms with Crippen LogP contribution in [-0.4, -0.2) is 18.2 Å². The zero-order chi connectivity index (χ0) is 26.1. The van der Waals surface area contributed by atoms with E-state index in [2.05, 4.69) is 72.5 Å². The van der Waals surface area contributed by atoms with Crippen LogP contribution in [0.25, 0.3) is 0 Å². The highest BCUT2D eigenvalue weighted by Crippen LogP contribution is 2.31. The van der Waals surface area contributed by atoms with Crippen LogP contribution in [0, 0.1) is 17.7 Å². The number of carbonyl (C=O) groups excluding carboxylic acids is 1. The molecule has 0 N–H and O–H groups in total. The molecule has 0 radical (unpaired) electrons. The molecule has 186 valence electrons. The summed E-state index contributed by atoms with van der Waals surface area (Å²) in [6.07, 6.45) is 0.0990. The topological polar surface area (TPSA) is 35.5 Å². The number of hydrogen-bond donors (Lipinski definition) is 0. The van der Waals surface area contributed by atoms with Gasteiger partial charge in [-0.15, -0.1) is 0 Å². The SMILES string of the molecule is CC(C)(C#Cc1ccc(F)cc1)OC(=O)CCOc1ccc([S+](c2ccccc2)c2ccccc2)cc1. The molecule has 0 aliphatic heterocycles. The molecule has 0 aliphatic carbocycles. The van der Waals surface area contributed by atoms with Crippen molar-refractivity contribution in [1.82, 2.24) is 0 Å². The van der Waals surface area contributed by atoms with Crippen LogP contribution < -0.4 is 4.74 Å². The van der Waals surface area contributed by atoms with E-state index in [0.717, 1.165) is 0 Å². The van der Waals surface area contributed by atoms with E-state index in [1.165, 1.54) is 26.8 Å².